The minimum atomic E-state index is -0.272. The molecule has 0 atom stereocenters. The lowest BCUT2D eigenvalue weighted by molar-refractivity contribution is -0.143. The standard InChI is InChI=1S/C10H12N2O.C6H12O2/c1-3-4-8-5-7(2)9(6-11)10(13)12-8;1-3-5-6(7)8-4-2/h5H,3-4H2,1-2H3,(H,12,13);3-5H2,1-2H3. The van der Waals surface area contributed by atoms with E-state index in [1.807, 2.05) is 32.9 Å². The van der Waals surface area contributed by atoms with E-state index in [4.69, 9.17) is 5.26 Å². The quantitative estimate of drug-likeness (QED) is 0.846. The largest absolute Gasteiger partial charge is 0.466 e. The first-order valence-electron chi connectivity index (χ1n) is 7.28. The normalized spacial score (nSPS) is 9.29. The SMILES string of the molecule is CCCC(=O)OCC.CCCc1cc(C)c(C#N)c(=O)[nH]1. The van der Waals surface area contributed by atoms with Crippen molar-refractivity contribution in [3.05, 3.63) is 33.2 Å². The minimum absolute atomic E-state index is 0.0880. The number of nitrogens with one attached hydrogen (secondary N) is 1. The molecule has 1 aromatic rings. The second-order valence-corrected chi connectivity index (χ2v) is 4.60. The van der Waals surface area contributed by atoms with Crippen LogP contribution < -0.4 is 5.56 Å². The van der Waals surface area contributed by atoms with E-state index in [1.54, 1.807) is 6.92 Å². The van der Waals surface area contributed by atoms with Crippen LogP contribution in [0.4, 0.5) is 0 Å². The molecule has 116 valence electrons. The highest BCUT2D eigenvalue weighted by Crippen LogP contribution is 2.04. The molecule has 0 bridgehead atoms. The number of aromatic amines is 1. The van der Waals surface area contributed by atoms with E-state index in [9.17, 15) is 9.59 Å². The number of carbonyl (C=O) groups excluding carboxylic acids is 1. The van der Waals surface area contributed by atoms with Crippen LogP contribution in [0.1, 0.15) is 56.9 Å². The molecule has 21 heavy (non-hydrogen) atoms. The number of ether oxygens (including phenoxy) is 1. The number of hydrogen-bond donors (Lipinski definition) is 1. The highest BCUT2D eigenvalue weighted by molar-refractivity contribution is 5.69. The van der Waals surface area contributed by atoms with Gasteiger partial charge in [0.05, 0.1) is 6.61 Å². The Hall–Kier alpha value is -2.09. The van der Waals surface area contributed by atoms with Crippen LogP contribution in [-0.4, -0.2) is 17.6 Å². The summed E-state index contributed by atoms with van der Waals surface area (Å²) < 4.78 is 4.64. The molecule has 0 amide bonds. The summed E-state index contributed by atoms with van der Waals surface area (Å²) in [5.74, 6) is -0.0880. The molecular formula is C16H24N2O3. The number of nitriles is 1. The van der Waals surface area contributed by atoms with Crippen molar-refractivity contribution < 1.29 is 9.53 Å². The molecule has 0 aliphatic carbocycles. The van der Waals surface area contributed by atoms with Crippen molar-refractivity contribution in [1.82, 2.24) is 4.98 Å². The number of pyridine rings is 1. The molecule has 0 saturated carbocycles. The number of carbonyl (C=O) groups is 1. The molecule has 0 unspecified atom stereocenters. The van der Waals surface area contributed by atoms with Gasteiger partial charge in [0.25, 0.3) is 5.56 Å². The maximum Gasteiger partial charge on any atom is 0.305 e. The first-order valence-corrected chi connectivity index (χ1v) is 7.28. The lowest BCUT2D eigenvalue weighted by atomic mass is 10.1. The molecule has 1 rings (SSSR count). The van der Waals surface area contributed by atoms with Crippen LogP contribution in [0, 0.1) is 18.3 Å². The molecular weight excluding hydrogens is 268 g/mol. The summed E-state index contributed by atoms with van der Waals surface area (Å²) in [5, 5.41) is 8.65. The molecule has 0 spiro atoms. The summed E-state index contributed by atoms with van der Waals surface area (Å²) in [7, 11) is 0. The fourth-order valence-corrected chi connectivity index (χ4v) is 1.74. The number of aryl methyl sites for hydroxylation is 2. The van der Waals surface area contributed by atoms with Gasteiger partial charge in [0.15, 0.2) is 0 Å². The number of rotatable bonds is 5. The van der Waals surface area contributed by atoms with Crippen molar-refractivity contribution in [3.63, 3.8) is 0 Å². The molecule has 1 N–H and O–H groups in total. The number of aromatic nitrogens is 1. The predicted molar refractivity (Wildman–Crippen MR) is 82.1 cm³/mol. The van der Waals surface area contributed by atoms with Crippen LogP contribution >= 0.6 is 0 Å². The van der Waals surface area contributed by atoms with E-state index in [1.165, 1.54) is 0 Å². The fourth-order valence-electron chi connectivity index (χ4n) is 1.74. The molecule has 5 heteroatoms. The third-order valence-electron chi connectivity index (χ3n) is 2.68. The van der Waals surface area contributed by atoms with Gasteiger partial charge in [-0.15, -0.1) is 0 Å². The van der Waals surface area contributed by atoms with Crippen molar-refractivity contribution in [2.45, 2.75) is 53.4 Å². The second kappa shape index (κ2) is 10.7. The summed E-state index contributed by atoms with van der Waals surface area (Å²) >= 11 is 0. The number of esters is 1. The predicted octanol–water partition coefficient (Wildman–Crippen LogP) is 2.86. The third kappa shape index (κ3) is 7.31. The van der Waals surface area contributed by atoms with Crippen LogP contribution in [0.2, 0.25) is 0 Å². The monoisotopic (exact) mass is 292 g/mol. The van der Waals surface area contributed by atoms with Crippen LogP contribution in [-0.2, 0) is 16.0 Å². The van der Waals surface area contributed by atoms with E-state index in [0.717, 1.165) is 30.5 Å². The first kappa shape index (κ1) is 18.9. The van der Waals surface area contributed by atoms with E-state index in [0.29, 0.717) is 13.0 Å². The zero-order valence-electron chi connectivity index (χ0n) is 13.3. The van der Waals surface area contributed by atoms with E-state index in [-0.39, 0.29) is 17.1 Å². The zero-order valence-corrected chi connectivity index (χ0v) is 13.3. The van der Waals surface area contributed by atoms with E-state index < -0.39 is 0 Å². The Bertz CT molecular complexity index is 533. The van der Waals surface area contributed by atoms with Crippen LogP contribution in [0.5, 0.6) is 0 Å². The van der Waals surface area contributed by atoms with Gasteiger partial charge in [0, 0.05) is 12.1 Å². The van der Waals surface area contributed by atoms with Gasteiger partial charge in [-0.25, -0.2) is 0 Å². The Morgan fingerprint density at radius 2 is 2.00 bits per heavy atom. The van der Waals surface area contributed by atoms with Gasteiger partial charge >= 0.3 is 5.97 Å². The van der Waals surface area contributed by atoms with Gasteiger partial charge in [-0.2, -0.15) is 5.26 Å². The topological polar surface area (TPSA) is 82.9 Å². The summed E-state index contributed by atoms with van der Waals surface area (Å²) in [5.41, 5.74) is 1.62. The first-order chi connectivity index (χ1) is 9.99. The van der Waals surface area contributed by atoms with Crippen molar-refractivity contribution in [1.29, 1.82) is 5.26 Å². The van der Waals surface area contributed by atoms with Crippen LogP contribution in [0.3, 0.4) is 0 Å². The van der Waals surface area contributed by atoms with Crippen molar-refractivity contribution in [3.8, 4) is 6.07 Å². The summed E-state index contributed by atoms with van der Waals surface area (Å²) in [4.78, 5) is 24.4. The van der Waals surface area contributed by atoms with Crippen LogP contribution in [0.25, 0.3) is 0 Å². The average molecular weight is 292 g/mol. The fraction of sp³-hybridized carbons (Fsp3) is 0.562. The molecule has 0 aromatic carbocycles. The summed E-state index contributed by atoms with van der Waals surface area (Å²) in [6, 6.07) is 3.75. The number of hydrogen-bond acceptors (Lipinski definition) is 4. The van der Waals surface area contributed by atoms with Gasteiger partial charge in [0.2, 0.25) is 0 Å². The maximum atomic E-state index is 11.3. The Labute approximate surface area is 126 Å². The Morgan fingerprint density at radius 3 is 2.43 bits per heavy atom. The second-order valence-electron chi connectivity index (χ2n) is 4.60. The van der Waals surface area contributed by atoms with Gasteiger partial charge in [-0.1, -0.05) is 20.3 Å². The molecule has 0 fully saturated rings. The smallest absolute Gasteiger partial charge is 0.305 e. The molecule has 0 aliphatic rings. The summed E-state index contributed by atoms with van der Waals surface area (Å²) in [6.45, 7) is 8.10. The molecule has 0 radical (unpaired) electrons. The van der Waals surface area contributed by atoms with Crippen molar-refractivity contribution in [2.24, 2.45) is 0 Å². The molecule has 0 aliphatic heterocycles. The lowest BCUT2D eigenvalue weighted by Gasteiger charge is -2.01. The summed E-state index contributed by atoms with van der Waals surface area (Å²) in [6.07, 6.45) is 3.26. The van der Waals surface area contributed by atoms with E-state index >= 15 is 0 Å². The number of H-pyrrole nitrogens is 1. The Balaban J connectivity index is 0.000000433. The van der Waals surface area contributed by atoms with Gasteiger partial charge in [-0.05, 0) is 38.3 Å². The average Bonchev–Trinajstić information content (AvgIpc) is 2.40. The Kier molecular flexibility index (Phi) is 9.61. The lowest BCUT2D eigenvalue weighted by Crippen LogP contribution is -2.14. The molecule has 5 nitrogen and oxygen atoms in total. The maximum absolute atomic E-state index is 11.3. The van der Waals surface area contributed by atoms with Gasteiger partial charge in [-0.3, -0.25) is 9.59 Å². The molecule has 0 saturated heterocycles. The van der Waals surface area contributed by atoms with E-state index in [2.05, 4.69) is 9.72 Å². The molecule has 1 aromatic heterocycles. The highest BCUT2D eigenvalue weighted by atomic mass is 16.5. The van der Waals surface area contributed by atoms with Crippen molar-refractivity contribution >= 4 is 5.97 Å². The van der Waals surface area contributed by atoms with Gasteiger partial charge in [0.1, 0.15) is 11.6 Å². The molecule has 1 heterocycles. The van der Waals surface area contributed by atoms with Gasteiger partial charge < -0.3 is 9.72 Å². The highest BCUT2D eigenvalue weighted by Gasteiger charge is 2.04. The third-order valence-corrected chi connectivity index (χ3v) is 2.68. The van der Waals surface area contributed by atoms with Crippen molar-refractivity contribution in [2.75, 3.05) is 6.61 Å². The number of nitrogens with zero attached hydrogens (tertiary/aromatic N) is 1. The zero-order chi connectivity index (χ0) is 16.3. The Morgan fingerprint density at radius 1 is 1.33 bits per heavy atom. The minimum Gasteiger partial charge on any atom is -0.466 e. The van der Waals surface area contributed by atoms with Crippen LogP contribution in [0.15, 0.2) is 10.9 Å².